The third-order valence-electron chi connectivity index (χ3n) is 7.85. The van der Waals surface area contributed by atoms with Crippen molar-refractivity contribution in [1.29, 1.82) is 0 Å². The van der Waals surface area contributed by atoms with Crippen LogP contribution in [0.4, 0.5) is 0 Å². The van der Waals surface area contributed by atoms with E-state index in [1.807, 2.05) is 18.3 Å². The number of pyridine rings is 1. The van der Waals surface area contributed by atoms with Crippen molar-refractivity contribution in [3.8, 4) is 0 Å². The van der Waals surface area contributed by atoms with Crippen LogP contribution in [0.25, 0.3) is 0 Å². The van der Waals surface area contributed by atoms with E-state index in [0.29, 0.717) is 18.6 Å². The van der Waals surface area contributed by atoms with Gasteiger partial charge in [-0.05, 0) is 56.1 Å². The Morgan fingerprint density at radius 2 is 2.06 bits per heavy atom. The quantitative estimate of drug-likeness (QED) is 0.227. The van der Waals surface area contributed by atoms with Gasteiger partial charge in [0.1, 0.15) is 5.78 Å². The molecule has 1 aromatic heterocycles. The first-order valence-corrected chi connectivity index (χ1v) is 14.4. The average molecular weight is 498 g/mol. The smallest absolute Gasteiger partial charge is 0.234 e. The fraction of sp³-hybridized carbons (Fsp3) is 0.700. The Labute approximate surface area is 217 Å². The molecule has 1 aliphatic heterocycles. The van der Waals surface area contributed by atoms with Crippen molar-refractivity contribution in [2.75, 3.05) is 6.54 Å². The molecule has 0 radical (unpaired) electrons. The van der Waals surface area contributed by atoms with E-state index in [2.05, 4.69) is 34.5 Å². The molecule has 1 aliphatic carbocycles. The van der Waals surface area contributed by atoms with Crippen LogP contribution in [-0.2, 0) is 9.59 Å². The third kappa shape index (κ3) is 9.44. The largest absolute Gasteiger partial charge is 0.389 e. The van der Waals surface area contributed by atoms with E-state index in [9.17, 15) is 14.7 Å². The summed E-state index contributed by atoms with van der Waals surface area (Å²) in [5.74, 6) is 0.867. The Balaban J connectivity index is 1.31. The van der Waals surface area contributed by atoms with Crippen LogP contribution < -0.4 is 5.43 Å². The number of unbranched alkanes of at least 4 members (excludes halogenated alkanes) is 5. The molecule has 2 fully saturated rings. The summed E-state index contributed by atoms with van der Waals surface area (Å²) in [4.78, 5) is 29.2. The number of aromatic nitrogens is 1. The lowest BCUT2D eigenvalue weighted by molar-refractivity contribution is -0.128. The van der Waals surface area contributed by atoms with E-state index in [-0.39, 0.29) is 29.9 Å². The molecule has 4 atom stereocenters. The number of piperidine rings is 1. The van der Waals surface area contributed by atoms with Gasteiger partial charge in [0, 0.05) is 37.7 Å². The standard InChI is InChI=1S/C30H47N3O3/c1-2-3-6-13-26(34)19-17-24-18-20-29(35)27(24)14-7-4-5-8-16-30(36)32-33-22-10-9-15-28(33)25-12-11-21-31-23-25/h11-12,17,19,21,23-24,26-28,34H,2-10,13-16,18,20,22H2,1H3,(H,32,36)/t24-,26-,27+,28?/m0/s1. The van der Waals surface area contributed by atoms with Crippen molar-refractivity contribution >= 4 is 11.7 Å². The van der Waals surface area contributed by atoms with E-state index in [1.165, 1.54) is 6.42 Å². The highest BCUT2D eigenvalue weighted by Gasteiger charge is 2.32. The molecule has 0 bridgehead atoms. The van der Waals surface area contributed by atoms with Crippen LogP contribution in [0.3, 0.4) is 0 Å². The SMILES string of the molecule is CCCCC[C@H](O)C=C[C@H]1CCC(=O)[C@@H]1CCCCCCC(=O)NN1CCCCC1c1cccnc1. The van der Waals surface area contributed by atoms with Gasteiger partial charge in [-0.1, -0.05) is 70.1 Å². The Hall–Kier alpha value is -2.05. The number of hydrazine groups is 1. The van der Waals surface area contributed by atoms with Gasteiger partial charge in [0.2, 0.25) is 5.91 Å². The first-order valence-electron chi connectivity index (χ1n) is 14.4. The summed E-state index contributed by atoms with van der Waals surface area (Å²) in [5, 5.41) is 12.3. The summed E-state index contributed by atoms with van der Waals surface area (Å²) in [6.07, 6.45) is 21.8. The highest BCUT2D eigenvalue weighted by atomic mass is 16.3. The van der Waals surface area contributed by atoms with Gasteiger partial charge in [-0.15, -0.1) is 0 Å². The van der Waals surface area contributed by atoms with Gasteiger partial charge in [-0.2, -0.15) is 0 Å². The molecule has 6 nitrogen and oxygen atoms in total. The molecule has 2 aliphatic rings. The zero-order valence-corrected chi connectivity index (χ0v) is 22.2. The number of rotatable bonds is 15. The molecule has 2 heterocycles. The number of carbonyl (C=O) groups is 2. The van der Waals surface area contributed by atoms with Crippen LogP contribution in [-0.4, -0.2) is 39.4 Å². The zero-order chi connectivity index (χ0) is 25.6. The average Bonchev–Trinajstić information content (AvgIpc) is 3.25. The molecule has 1 amide bonds. The van der Waals surface area contributed by atoms with Gasteiger partial charge < -0.3 is 5.11 Å². The summed E-state index contributed by atoms with van der Waals surface area (Å²) in [6, 6.07) is 4.26. The maximum atomic E-state index is 12.6. The summed E-state index contributed by atoms with van der Waals surface area (Å²) >= 11 is 0. The van der Waals surface area contributed by atoms with Crippen LogP contribution in [0.5, 0.6) is 0 Å². The zero-order valence-electron chi connectivity index (χ0n) is 22.2. The number of hydrogen-bond donors (Lipinski definition) is 2. The number of ketones is 1. The van der Waals surface area contributed by atoms with Crippen molar-refractivity contribution < 1.29 is 14.7 Å². The Morgan fingerprint density at radius 3 is 2.86 bits per heavy atom. The molecule has 1 aromatic rings. The second-order valence-electron chi connectivity index (χ2n) is 10.7. The molecule has 0 aromatic carbocycles. The van der Waals surface area contributed by atoms with E-state index >= 15 is 0 Å². The highest BCUT2D eigenvalue weighted by molar-refractivity contribution is 5.83. The van der Waals surface area contributed by atoms with Gasteiger partial charge in [0.15, 0.2) is 0 Å². The molecular weight excluding hydrogens is 450 g/mol. The highest BCUT2D eigenvalue weighted by Crippen LogP contribution is 2.34. The van der Waals surface area contributed by atoms with Crippen LogP contribution >= 0.6 is 0 Å². The minimum atomic E-state index is -0.386. The summed E-state index contributed by atoms with van der Waals surface area (Å²) in [6.45, 7) is 3.05. The predicted molar refractivity (Wildman–Crippen MR) is 144 cm³/mol. The minimum Gasteiger partial charge on any atom is -0.389 e. The molecule has 2 N–H and O–H groups in total. The van der Waals surface area contributed by atoms with Crippen LogP contribution in [0.15, 0.2) is 36.7 Å². The normalized spacial score (nSPS) is 23.8. The number of aliphatic hydroxyl groups excluding tert-OH is 1. The number of allylic oxidation sites excluding steroid dienone is 1. The van der Waals surface area contributed by atoms with Crippen LogP contribution in [0.2, 0.25) is 0 Å². The maximum Gasteiger partial charge on any atom is 0.234 e. The topological polar surface area (TPSA) is 82.5 Å². The minimum absolute atomic E-state index is 0.0967. The van der Waals surface area contributed by atoms with Gasteiger partial charge in [-0.25, -0.2) is 5.01 Å². The van der Waals surface area contributed by atoms with E-state index in [1.54, 1.807) is 6.20 Å². The molecule has 0 spiro atoms. The van der Waals surface area contributed by atoms with Crippen molar-refractivity contribution in [3.05, 3.63) is 42.2 Å². The number of hydrogen-bond acceptors (Lipinski definition) is 5. The Bertz CT molecular complexity index is 813. The molecule has 200 valence electrons. The molecule has 6 heteroatoms. The first-order chi connectivity index (χ1) is 17.6. The molecule has 36 heavy (non-hydrogen) atoms. The molecule has 3 rings (SSSR count). The number of amides is 1. The lowest BCUT2D eigenvalue weighted by Crippen LogP contribution is -2.46. The first kappa shape index (κ1) is 28.5. The van der Waals surface area contributed by atoms with E-state index in [0.717, 1.165) is 89.2 Å². The monoisotopic (exact) mass is 497 g/mol. The lowest BCUT2D eigenvalue weighted by Gasteiger charge is -2.35. The number of carbonyl (C=O) groups excluding carboxylic acids is 2. The molecular formula is C30H47N3O3. The molecule has 1 unspecified atom stereocenters. The van der Waals surface area contributed by atoms with Gasteiger partial charge in [0.25, 0.3) is 0 Å². The molecule has 1 saturated heterocycles. The number of nitrogens with zero attached hydrogens (tertiary/aromatic N) is 2. The van der Waals surface area contributed by atoms with Crippen LogP contribution in [0.1, 0.15) is 115 Å². The fourth-order valence-corrected chi connectivity index (χ4v) is 5.71. The van der Waals surface area contributed by atoms with Crippen molar-refractivity contribution in [2.24, 2.45) is 11.8 Å². The predicted octanol–water partition coefficient (Wildman–Crippen LogP) is 6.07. The molecule has 1 saturated carbocycles. The summed E-state index contributed by atoms with van der Waals surface area (Å²) < 4.78 is 0. The number of Topliss-reactive ketones (excluding diaryl/α,β-unsaturated/α-hetero) is 1. The summed E-state index contributed by atoms with van der Waals surface area (Å²) in [5.41, 5.74) is 4.31. The van der Waals surface area contributed by atoms with Gasteiger partial charge in [-0.3, -0.25) is 20.0 Å². The second kappa shape index (κ2) is 15.9. The second-order valence-corrected chi connectivity index (χ2v) is 10.7. The fourth-order valence-electron chi connectivity index (χ4n) is 5.71. The van der Waals surface area contributed by atoms with Crippen molar-refractivity contribution in [1.82, 2.24) is 15.4 Å². The van der Waals surface area contributed by atoms with Crippen molar-refractivity contribution in [2.45, 2.75) is 115 Å². The number of aliphatic hydroxyl groups is 1. The Morgan fingerprint density at radius 1 is 1.19 bits per heavy atom. The van der Waals surface area contributed by atoms with Gasteiger partial charge in [0.05, 0.1) is 12.1 Å². The number of nitrogens with one attached hydrogen (secondary N) is 1. The maximum absolute atomic E-state index is 12.6. The van der Waals surface area contributed by atoms with E-state index in [4.69, 9.17) is 0 Å². The third-order valence-corrected chi connectivity index (χ3v) is 7.85. The van der Waals surface area contributed by atoms with Crippen molar-refractivity contribution in [3.63, 3.8) is 0 Å². The van der Waals surface area contributed by atoms with Gasteiger partial charge >= 0.3 is 0 Å². The summed E-state index contributed by atoms with van der Waals surface area (Å²) in [7, 11) is 0. The Kier molecular flexibility index (Phi) is 12.6. The van der Waals surface area contributed by atoms with E-state index < -0.39 is 0 Å². The van der Waals surface area contributed by atoms with Crippen LogP contribution in [0, 0.1) is 11.8 Å². The lowest BCUT2D eigenvalue weighted by atomic mass is 9.89.